The zero-order chi connectivity index (χ0) is 9.98. The van der Waals surface area contributed by atoms with Gasteiger partial charge in [-0.2, -0.15) is 0 Å². The highest BCUT2D eigenvalue weighted by Gasteiger charge is 1.90. The minimum atomic E-state index is -0.565. The summed E-state index contributed by atoms with van der Waals surface area (Å²) in [7, 11) is 3.04. The van der Waals surface area contributed by atoms with Gasteiger partial charge < -0.3 is 19.7 Å². The lowest BCUT2D eigenvalue weighted by Crippen LogP contribution is -2.07. The Balaban J connectivity index is 0. The van der Waals surface area contributed by atoms with Gasteiger partial charge in [0.15, 0.2) is 6.29 Å². The lowest BCUT2D eigenvalue weighted by molar-refractivity contribution is -0.0748. The van der Waals surface area contributed by atoms with Crippen LogP contribution in [0, 0.1) is 0 Å². The van der Waals surface area contributed by atoms with Crippen molar-refractivity contribution in [3.63, 3.8) is 0 Å². The summed E-state index contributed by atoms with van der Waals surface area (Å²) in [6.45, 7) is 3.97. The first-order valence-corrected chi connectivity index (χ1v) is 3.96. The van der Waals surface area contributed by atoms with Gasteiger partial charge in [0.2, 0.25) is 0 Å². The van der Waals surface area contributed by atoms with Gasteiger partial charge in [-0.05, 0) is 13.3 Å². The average molecular weight is 180 g/mol. The van der Waals surface area contributed by atoms with Gasteiger partial charge in [-0.1, -0.05) is 6.92 Å². The van der Waals surface area contributed by atoms with Crippen LogP contribution in [0.2, 0.25) is 0 Å². The van der Waals surface area contributed by atoms with Gasteiger partial charge in [-0.3, -0.25) is 0 Å². The summed E-state index contributed by atoms with van der Waals surface area (Å²) in [6.07, 6.45) is -0.226. The van der Waals surface area contributed by atoms with E-state index in [1.807, 2.05) is 6.92 Å². The number of ether oxygens (including phenoxy) is 2. The summed E-state index contributed by atoms with van der Waals surface area (Å²) < 4.78 is 9.01. The number of aliphatic hydroxyl groups excluding tert-OH is 2. The smallest absolute Gasteiger partial charge is 0.153 e. The first-order chi connectivity index (χ1) is 5.58. The van der Waals surface area contributed by atoms with Gasteiger partial charge in [0.25, 0.3) is 0 Å². The largest absolute Gasteiger partial charge is 0.391 e. The van der Waals surface area contributed by atoms with E-state index in [4.69, 9.17) is 10.2 Å². The third-order valence-corrected chi connectivity index (χ3v) is 1.03. The van der Waals surface area contributed by atoms with Crippen molar-refractivity contribution in [3.05, 3.63) is 0 Å². The molecule has 0 aliphatic rings. The lowest BCUT2D eigenvalue weighted by atomic mass is 10.5. The minimum absolute atomic E-state index is 0.324. The van der Waals surface area contributed by atoms with Crippen molar-refractivity contribution in [1.29, 1.82) is 0 Å². The summed E-state index contributed by atoms with van der Waals surface area (Å²) in [6, 6.07) is 0. The van der Waals surface area contributed by atoms with Gasteiger partial charge in [-0.25, -0.2) is 0 Å². The first-order valence-electron chi connectivity index (χ1n) is 3.96. The summed E-state index contributed by atoms with van der Waals surface area (Å²) in [5, 5.41) is 16.9. The van der Waals surface area contributed by atoms with E-state index in [-0.39, 0.29) is 6.10 Å². The molecule has 76 valence electrons. The van der Waals surface area contributed by atoms with Crippen molar-refractivity contribution >= 4 is 0 Å². The highest BCUT2D eigenvalue weighted by atomic mass is 16.6. The van der Waals surface area contributed by atoms with E-state index in [0.717, 1.165) is 0 Å². The van der Waals surface area contributed by atoms with Crippen LogP contribution in [-0.4, -0.2) is 43.4 Å². The van der Waals surface area contributed by atoms with Gasteiger partial charge in [-0.15, -0.1) is 0 Å². The van der Waals surface area contributed by atoms with E-state index in [1.165, 1.54) is 7.11 Å². The number of hydrogen-bond donors (Lipinski definition) is 2. The topological polar surface area (TPSA) is 58.9 Å². The molecule has 0 saturated heterocycles. The standard InChI is InChI=1S/2C4H10O2/c1-4(5)3-6-2;1-3-4(5)6-2/h2*4-5H,3H2,1-2H3. The maximum absolute atomic E-state index is 8.44. The predicted octanol–water partition coefficient (Wildman–Crippen LogP) is 0.375. The zero-order valence-electron chi connectivity index (χ0n) is 8.28. The van der Waals surface area contributed by atoms with E-state index in [0.29, 0.717) is 13.0 Å². The fraction of sp³-hybridized carbons (Fsp3) is 1.00. The fourth-order valence-corrected chi connectivity index (χ4v) is 0.408. The Morgan fingerprint density at radius 3 is 1.75 bits per heavy atom. The zero-order valence-corrected chi connectivity index (χ0v) is 8.28. The van der Waals surface area contributed by atoms with Crippen LogP contribution in [0.3, 0.4) is 0 Å². The maximum Gasteiger partial charge on any atom is 0.153 e. The molecular weight excluding hydrogens is 160 g/mol. The molecule has 0 aliphatic carbocycles. The number of methoxy groups -OCH3 is 2. The first kappa shape index (κ1) is 14.4. The van der Waals surface area contributed by atoms with E-state index >= 15 is 0 Å². The molecule has 0 aliphatic heterocycles. The van der Waals surface area contributed by atoms with Gasteiger partial charge >= 0.3 is 0 Å². The van der Waals surface area contributed by atoms with Crippen molar-refractivity contribution < 1.29 is 19.7 Å². The van der Waals surface area contributed by atoms with Gasteiger partial charge in [0, 0.05) is 14.2 Å². The Hall–Kier alpha value is -0.160. The number of aliphatic hydroxyl groups is 2. The van der Waals surface area contributed by atoms with Crippen LogP contribution < -0.4 is 0 Å². The van der Waals surface area contributed by atoms with Crippen LogP contribution in [-0.2, 0) is 9.47 Å². The second-order valence-electron chi connectivity index (χ2n) is 2.40. The van der Waals surface area contributed by atoms with Gasteiger partial charge in [0.1, 0.15) is 0 Å². The molecule has 0 saturated carbocycles. The van der Waals surface area contributed by atoms with Crippen molar-refractivity contribution in [1.82, 2.24) is 0 Å². The lowest BCUT2D eigenvalue weighted by Gasteiger charge is -2.00. The quantitative estimate of drug-likeness (QED) is 0.614. The maximum atomic E-state index is 8.44. The molecule has 0 heterocycles. The highest BCUT2D eigenvalue weighted by molar-refractivity contribution is 4.36. The molecule has 0 radical (unpaired) electrons. The molecule has 2 N–H and O–H groups in total. The Kier molecular flexibility index (Phi) is 13.0. The van der Waals surface area contributed by atoms with E-state index in [9.17, 15) is 0 Å². The molecule has 0 rings (SSSR count). The monoisotopic (exact) mass is 180 g/mol. The van der Waals surface area contributed by atoms with Crippen LogP contribution in [0.15, 0.2) is 0 Å². The van der Waals surface area contributed by atoms with Crippen molar-refractivity contribution in [2.24, 2.45) is 0 Å². The van der Waals surface area contributed by atoms with Crippen LogP contribution >= 0.6 is 0 Å². The van der Waals surface area contributed by atoms with Crippen LogP contribution in [0.1, 0.15) is 20.3 Å². The molecule has 0 aromatic carbocycles. The average Bonchev–Trinajstić information content (AvgIpc) is 2.04. The van der Waals surface area contributed by atoms with Crippen molar-refractivity contribution in [2.45, 2.75) is 32.7 Å². The van der Waals surface area contributed by atoms with Gasteiger partial charge in [0.05, 0.1) is 12.7 Å². The predicted molar refractivity (Wildman–Crippen MR) is 46.9 cm³/mol. The molecule has 12 heavy (non-hydrogen) atoms. The molecule has 0 aromatic rings. The highest BCUT2D eigenvalue weighted by Crippen LogP contribution is 1.85. The normalized spacial score (nSPS) is 14.5. The molecule has 0 spiro atoms. The fourth-order valence-electron chi connectivity index (χ4n) is 0.408. The molecule has 0 bridgehead atoms. The third-order valence-electron chi connectivity index (χ3n) is 1.03. The summed E-state index contributed by atoms with van der Waals surface area (Å²) in [4.78, 5) is 0. The van der Waals surface area contributed by atoms with Crippen LogP contribution in [0.25, 0.3) is 0 Å². The summed E-state index contributed by atoms with van der Waals surface area (Å²) >= 11 is 0. The van der Waals surface area contributed by atoms with E-state index in [2.05, 4.69) is 9.47 Å². The van der Waals surface area contributed by atoms with Crippen molar-refractivity contribution in [3.8, 4) is 0 Å². The molecule has 2 unspecified atom stereocenters. The molecule has 4 heteroatoms. The molecule has 4 nitrogen and oxygen atoms in total. The Labute approximate surface area is 74.1 Å². The second-order valence-corrected chi connectivity index (χ2v) is 2.40. The third kappa shape index (κ3) is 16.4. The molecule has 0 fully saturated rings. The summed E-state index contributed by atoms with van der Waals surface area (Å²) in [5.41, 5.74) is 0. The van der Waals surface area contributed by atoms with E-state index < -0.39 is 6.29 Å². The van der Waals surface area contributed by atoms with Crippen molar-refractivity contribution in [2.75, 3.05) is 20.8 Å². The Morgan fingerprint density at radius 1 is 1.25 bits per heavy atom. The molecule has 2 atom stereocenters. The van der Waals surface area contributed by atoms with Crippen LogP contribution in [0.5, 0.6) is 0 Å². The minimum Gasteiger partial charge on any atom is -0.391 e. The SMILES string of the molecule is CCC(O)OC.COCC(C)O. The number of rotatable bonds is 4. The molecular formula is C8H20O4. The second kappa shape index (κ2) is 10.8. The summed E-state index contributed by atoms with van der Waals surface area (Å²) in [5.74, 6) is 0. The number of hydrogen-bond acceptors (Lipinski definition) is 4. The van der Waals surface area contributed by atoms with Crippen LogP contribution in [0.4, 0.5) is 0 Å². The molecule has 0 amide bonds. The molecule has 0 aromatic heterocycles. The van der Waals surface area contributed by atoms with E-state index in [1.54, 1.807) is 14.0 Å². The Morgan fingerprint density at radius 2 is 1.75 bits per heavy atom. The Bertz CT molecular complexity index is 71.5.